The van der Waals surface area contributed by atoms with Crippen molar-refractivity contribution in [2.75, 3.05) is 7.11 Å². The number of hydrogen-bond acceptors (Lipinski definition) is 6. The summed E-state index contributed by atoms with van der Waals surface area (Å²) in [5.41, 5.74) is 1.80. The van der Waals surface area contributed by atoms with E-state index in [0.29, 0.717) is 15.3 Å². The number of halogens is 1. The predicted molar refractivity (Wildman–Crippen MR) is 99.6 cm³/mol. The molecule has 1 heterocycles. The minimum Gasteiger partial charge on any atom is -0.465 e. The van der Waals surface area contributed by atoms with Crippen LogP contribution in [0.4, 0.5) is 4.39 Å². The second-order valence-electron chi connectivity index (χ2n) is 4.96. The van der Waals surface area contributed by atoms with Crippen LogP contribution in [0.1, 0.15) is 15.9 Å². The molecule has 0 N–H and O–H groups in total. The maximum absolute atomic E-state index is 13.4. The van der Waals surface area contributed by atoms with E-state index < -0.39 is 11.8 Å². The summed E-state index contributed by atoms with van der Waals surface area (Å²) in [6.07, 6.45) is 0. The molecular weight excluding hydrogens is 379 g/mol. The Balaban J connectivity index is 1.81. The van der Waals surface area contributed by atoms with Crippen LogP contribution in [0.15, 0.2) is 52.9 Å². The van der Waals surface area contributed by atoms with Crippen molar-refractivity contribution in [3.63, 3.8) is 0 Å². The van der Waals surface area contributed by atoms with Gasteiger partial charge in [0.2, 0.25) is 0 Å². The van der Waals surface area contributed by atoms with Crippen LogP contribution in [0, 0.1) is 9.77 Å². The van der Waals surface area contributed by atoms with E-state index in [1.165, 1.54) is 42.3 Å². The van der Waals surface area contributed by atoms with Crippen LogP contribution in [-0.2, 0) is 10.5 Å². The number of para-hydroxylation sites is 1. The number of rotatable bonds is 5. The minimum absolute atomic E-state index is 0.223. The van der Waals surface area contributed by atoms with Crippen molar-refractivity contribution >= 4 is 41.3 Å². The van der Waals surface area contributed by atoms with Crippen molar-refractivity contribution in [1.82, 2.24) is 9.78 Å². The van der Waals surface area contributed by atoms with E-state index in [9.17, 15) is 9.18 Å². The van der Waals surface area contributed by atoms with Crippen molar-refractivity contribution in [1.29, 1.82) is 0 Å². The molecule has 0 aliphatic rings. The van der Waals surface area contributed by atoms with Crippen LogP contribution >= 0.6 is 35.3 Å². The molecule has 0 radical (unpaired) electrons. The number of thioether (sulfide) groups is 1. The number of carbonyl (C=O) groups excluding carboxylic acids is 1. The lowest BCUT2D eigenvalue weighted by molar-refractivity contribution is 0.0599. The lowest BCUT2D eigenvalue weighted by Gasteiger charge is -2.06. The summed E-state index contributed by atoms with van der Waals surface area (Å²) in [5.74, 6) is -0.572. The Kier molecular flexibility index (Phi) is 5.62. The normalized spacial score (nSPS) is 10.6. The van der Waals surface area contributed by atoms with Crippen LogP contribution in [0.25, 0.3) is 5.69 Å². The maximum atomic E-state index is 13.4. The summed E-state index contributed by atoms with van der Waals surface area (Å²) in [5, 5.41) is 4.51. The van der Waals surface area contributed by atoms with Gasteiger partial charge in [0.1, 0.15) is 5.82 Å². The molecule has 0 atom stereocenters. The number of ether oxygens (including phenoxy) is 1. The Morgan fingerprint density at radius 3 is 2.80 bits per heavy atom. The highest BCUT2D eigenvalue weighted by Crippen LogP contribution is 2.28. The third-order valence-electron chi connectivity index (χ3n) is 3.36. The van der Waals surface area contributed by atoms with E-state index in [-0.39, 0.29) is 5.56 Å². The van der Waals surface area contributed by atoms with Crippen LogP contribution < -0.4 is 0 Å². The van der Waals surface area contributed by atoms with E-state index in [1.54, 1.807) is 10.7 Å². The smallest absolute Gasteiger partial charge is 0.338 e. The van der Waals surface area contributed by atoms with Gasteiger partial charge in [-0.15, -0.1) is 5.10 Å². The van der Waals surface area contributed by atoms with Gasteiger partial charge in [0, 0.05) is 5.75 Å². The van der Waals surface area contributed by atoms with Crippen LogP contribution in [-0.4, -0.2) is 22.9 Å². The lowest BCUT2D eigenvalue weighted by atomic mass is 10.1. The molecule has 25 heavy (non-hydrogen) atoms. The summed E-state index contributed by atoms with van der Waals surface area (Å²) >= 11 is 8.20. The average Bonchev–Trinajstić information content (AvgIpc) is 3.01. The Morgan fingerprint density at radius 1 is 1.32 bits per heavy atom. The fraction of sp³-hybridized carbons (Fsp3) is 0.118. The molecule has 0 aliphatic heterocycles. The molecule has 4 nitrogen and oxygen atoms in total. The fourth-order valence-electron chi connectivity index (χ4n) is 2.17. The Morgan fingerprint density at radius 2 is 2.08 bits per heavy atom. The highest BCUT2D eigenvalue weighted by Gasteiger charge is 2.14. The molecule has 0 amide bonds. The van der Waals surface area contributed by atoms with Gasteiger partial charge < -0.3 is 4.74 Å². The van der Waals surface area contributed by atoms with E-state index in [0.717, 1.165) is 10.0 Å². The molecule has 8 heteroatoms. The topological polar surface area (TPSA) is 44.1 Å². The van der Waals surface area contributed by atoms with Crippen LogP contribution in [0.5, 0.6) is 0 Å². The molecule has 1 aromatic heterocycles. The molecule has 0 aliphatic carbocycles. The molecule has 0 fully saturated rings. The molecule has 0 unspecified atom stereocenters. The van der Waals surface area contributed by atoms with Crippen LogP contribution in [0.2, 0.25) is 0 Å². The Hall–Kier alpha value is -2.03. The predicted octanol–water partition coefficient (Wildman–Crippen LogP) is 4.88. The van der Waals surface area contributed by atoms with Gasteiger partial charge >= 0.3 is 5.97 Å². The molecule has 2 aromatic carbocycles. The second-order valence-corrected chi connectivity index (χ2v) is 7.81. The monoisotopic (exact) mass is 392 g/mol. The molecule has 0 spiro atoms. The third-order valence-corrected chi connectivity index (χ3v) is 5.77. The number of hydrogen-bond donors (Lipinski definition) is 0. The zero-order valence-electron chi connectivity index (χ0n) is 13.1. The van der Waals surface area contributed by atoms with Crippen molar-refractivity contribution in [2.24, 2.45) is 0 Å². The number of aromatic nitrogens is 2. The van der Waals surface area contributed by atoms with E-state index in [1.807, 2.05) is 30.3 Å². The zero-order chi connectivity index (χ0) is 17.8. The van der Waals surface area contributed by atoms with Crippen molar-refractivity contribution in [3.8, 4) is 5.69 Å². The largest absolute Gasteiger partial charge is 0.465 e. The Bertz CT molecular complexity index is 954. The number of nitrogens with zero attached hydrogens (tertiary/aromatic N) is 2. The minimum atomic E-state index is -0.558. The van der Waals surface area contributed by atoms with E-state index in [4.69, 9.17) is 17.0 Å². The molecule has 0 saturated heterocycles. The van der Waals surface area contributed by atoms with Crippen molar-refractivity contribution < 1.29 is 13.9 Å². The summed E-state index contributed by atoms with van der Waals surface area (Å²) in [7, 11) is 1.28. The zero-order valence-corrected chi connectivity index (χ0v) is 15.6. The number of esters is 1. The third kappa shape index (κ3) is 4.15. The van der Waals surface area contributed by atoms with Crippen molar-refractivity contribution in [2.45, 2.75) is 10.1 Å². The van der Waals surface area contributed by atoms with Gasteiger partial charge in [0.05, 0.1) is 18.4 Å². The second kappa shape index (κ2) is 7.90. The molecule has 3 aromatic rings. The summed E-state index contributed by atoms with van der Waals surface area (Å²) in [6, 6.07) is 13.7. The maximum Gasteiger partial charge on any atom is 0.338 e. The Labute approximate surface area is 157 Å². The first-order valence-corrected chi connectivity index (χ1v) is 9.44. The van der Waals surface area contributed by atoms with Crippen LogP contribution in [0.3, 0.4) is 0 Å². The first-order valence-electron chi connectivity index (χ1n) is 7.23. The molecule has 0 bridgehead atoms. The summed E-state index contributed by atoms with van der Waals surface area (Å²) < 4.78 is 21.2. The lowest BCUT2D eigenvalue weighted by Crippen LogP contribution is -2.05. The van der Waals surface area contributed by atoms with Gasteiger partial charge in [-0.1, -0.05) is 47.4 Å². The highest BCUT2D eigenvalue weighted by atomic mass is 32.2. The highest BCUT2D eigenvalue weighted by molar-refractivity contribution is 8.00. The molecular formula is C17H13FN2O2S3. The van der Waals surface area contributed by atoms with E-state index in [2.05, 4.69) is 5.10 Å². The molecule has 3 rings (SSSR count). The van der Waals surface area contributed by atoms with Gasteiger partial charge in [-0.05, 0) is 42.0 Å². The molecule has 0 saturated carbocycles. The van der Waals surface area contributed by atoms with Gasteiger partial charge in [0.15, 0.2) is 8.29 Å². The first kappa shape index (κ1) is 17.8. The standard InChI is InChI=1S/C17H13FN2O2S3/c1-22-15(21)14-9-12(18)8-7-11(14)10-24-16-19-20(17(23)25-16)13-5-3-2-4-6-13/h2-9H,10H2,1H3. The van der Waals surface area contributed by atoms with Crippen molar-refractivity contribution in [3.05, 3.63) is 69.4 Å². The van der Waals surface area contributed by atoms with Gasteiger partial charge in [-0.2, -0.15) is 0 Å². The van der Waals surface area contributed by atoms with Gasteiger partial charge in [-0.25, -0.2) is 13.9 Å². The number of carbonyl (C=O) groups is 1. The number of methoxy groups -OCH3 is 1. The van der Waals surface area contributed by atoms with Gasteiger partial charge in [-0.3, -0.25) is 0 Å². The van der Waals surface area contributed by atoms with E-state index >= 15 is 0 Å². The fourth-order valence-corrected chi connectivity index (χ4v) is 4.53. The summed E-state index contributed by atoms with van der Waals surface area (Å²) in [4.78, 5) is 11.8. The summed E-state index contributed by atoms with van der Waals surface area (Å²) in [6.45, 7) is 0. The quantitative estimate of drug-likeness (QED) is 0.352. The average molecular weight is 393 g/mol. The SMILES string of the molecule is COC(=O)c1cc(F)ccc1CSc1nn(-c2ccccc2)c(=S)s1. The molecule has 128 valence electrons. The first-order chi connectivity index (χ1) is 12.1. The number of benzene rings is 2. The van der Waals surface area contributed by atoms with Gasteiger partial charge in [0.25, 0.3) is 0 Å².